The lowest BCUT2D eigenvalue weighted by atomic mass is 9.80. The van der Waals surface area contributed by atoms with E-state index in [0.717, 1.165) is 0 Å². The first-order valence-electron chi connectivity index (χ1n) is 6.00. The Bertz CT molecular complexity index is 409. The summed E-state index contributed by atoms with van der Waals surface area (Å²) in [6.45, 7) is 3.17. The summed E-state index contributed by atoms with van der Waals surface area (Å²) in [6, 6.07) is 0.110. The second-order valence-electron chi connectivity index (χ2n) is 5.46. The smallest absolute Gasteiger partial charge is 0.309 e. The Balaban J connectivity index is 1.94. The topological polar surface area (TPSA) is 74.7 Å². The highest BCUT2D eigenvalue weighted by Gasteiger charge is 2.40. The van der Waals surface area contributed by atoms with Crippen molar-refractivity contribution in [2.75, 3.05) is 24.6 Å². The van der Waals surface area contributed by atoms with Gasteiger partial charge < -0.3 is 5.11 Å². The Morgan fingerprint density at radius 3 is 2.35 bits per heavy atom. The van der Waals surface area contributed by atoms with Gasteiger partial charge in [-0.25, -0.2) is 8.42 Å². The summed E-state index contributed by atoms with van der Waals surface area (Å²) < 4.78 is 22.8. The third-order valence-electron chi connectivity index (χ3n) is 4.14. The molecular formula is C11H19NO4S. The number of nitrogens with zero attached hydrogens (tertiary/aromatic N) is 1. The summed E-state index contributed by atoms with van der Waals surface area (Å²) in [5.41, 5.74) is -0.631. The van der Waals surface area contributed by atoms with Crippen LogP contribution in [0.3, 0.4) is 0 Å². The van der Waals surface area contributed by atoms with Crippen molar-refractivity contribution in [2.45, 2.75) is 32.2 Å². The first-order chi connectivity index (χ1) is 7.82. The quantitative estimate of drug-likeness (QED) is 0.777. The summed E-state index contributed by atoms with van der Waals surface area (Å²) in [5.74, 6) is -0.211. The number of carboxylic acids is 1. The summed E-state index contributed by atoms with van der Waals surface area (Å²) in [7, 11) is -2.85. The average Bonchev–Trinajstić information content (AvgIpc) is 2.60. The van der Waals surface area contributed by atoms with Gasteiger partial charge in [-0.15, -0.1) is 0 Å². The molecular weight excluding hydrogens is 242 g/mol. The van der Waals surface area contributed by atoms with Gasteiger partial charge in [-0.2, -0.15) is 0 Å². The molecule has 2 fully saturated rings. The molecule has 0 radical (unpaired) electrons. The summed E-state index contributed by atoms with van der Waals surface area (Å²) >= 11 is 0. The van der Waals surface area contributed by atoms with Crippen LogP contribution in [0.5, 0.6) is 0 Å². The van der Waals surface area contributed by atoms with Gasteiger partial charge in [0.15, 0.2) is 9.84 Å². The average molecular weight is 261 g/mol. The van der Waals surface area contributed by atoms with Crippen LogP contribution in [0, 0.1) is 5.41 Å². The zero-order valence-electron chi connectivity index (χ0n) is 10.1. The minimum absolute atomic E-state index is 0.110. The van der Waals surface area contributed by atoms with Crippen molar-refractivity contribution in [3.8, 4) is 0 Å². The molecule has 2 rings (SSSR count). The number of piperidine rings is 1. The third kappa shape index (κ3) is 2.63. The molecule has 0 aromatic rings. The highest BCUT2D eigenvalue weighted by atomic mass is 32.2. The van der Waals surface area contributed by atoms with E-state index in [1.807, 2.05) is 0 Å². The van der Waals surface area contributed by atoms with Crippen molar-refractivity contribution >= 4 is 15.8 Å². The summed E-state index contributed by atoms with van der Waals surface area (Å²) in [5, 5.41) is 9.12. The van der Waals surface area contributed by atoms with Crippen LogP contribution in [-0.2, 0) is 14.6 Å². The molecule has 6 heteroatoms. The van der Waals surface area contributed by atoms with E-state index in [1.54, 1.807) is 6.92 Å². The fourth-order valence-corrected chi connectivity index (χ4v) is 4.42. The highest BCUT2D eigenvalue weighted by Crippen LogP contribution is 2.33. The molecule has 0 bridgehead atoms. The Morgan fingerprint density at radius 2 is 1.94 bits per heavy atom. The van der Waals surface area contributed by atoms with Crippen molar-refractivity contribution in [3.05, 3.63) is 0 Å². The molecule has 0 saturated carbocycles. The van der Waals surface area contributed by atoms with Gasteiger partial charge in [0.2, 0.25) is 0 Å². The van der Waals surface area contributed by atoms with Crippen LogP contribution in [-0.4, -0.2) is 55.0 Å². The van der Waals surface area contributed by atoms with E-state index in [1.165, 1.54) is 0 Å². The summed E-state index contributed by atoms with van der Waals surface area (Å²) in [6.07, 6.45) is 1.92. The molecule has 0 spiro atoms. The maximum absolute atomic E-state index is 11.4. The van der Waals surface area contributed by atoms with Crippen LogP contribution >= 0.6 is 0 Å². The fourth-order valence-electron chi connectivity index (χ4n) is 2.66. The van der Waals surface area contributed by atoms with E-state index < -0.39 is 21.2 Å². The minimum atomic E-state index is -2.85. The number of carbonyl (C=O) groups is 1. The molecule has 2 aliphatic rings. The molecule has 2 heterocycles. The number of aliphatic carboxylic acids is 1. The Hall–Kier alpha value is -0.620. The van der Waals surface area contributed by atoms with Crippen molar-refractivity contribution in [3.63, 3.8) is 0 Å². The molecule has 17 heavy (non-hydrogen) atoms. The molecule has 0 aliphatic carbocycles. The number of carboxylic acid groups (broad SMARTS) is 1. The number of hydrogen-bond acceptors (Lipinski definition) is 4. The minimum Gasteiger partial charge on any atom is -0.481 e. The molecule has 0 amide bonds. The van der Waals surface area contributed by atoms with E-state index >= 15 is 0 Å². The monoisotopic (exact) mass is 261 g/mol. The second kappa shape index (κ2) is 4.24. The molecule has 5 nitrogen and oxygen atoms in total. The maximum atomic E-state index is 11.4. The van der Waals surface area contributed by atoms with E-state index in [2.05, 4.69) is 4.90 Å². The molecule has 98 valence electrons. The van der Waals surface area contributed by atoms with Gasteiger partial charge >= 0.3 is 5.97 Å². The predicted molar refractivity (Wildman–Crippen MR) is 63.6 cm³/mol. The van der Waals surface area contributed by atoms with Gasteiger partial charge in [0.1, 0.15) is 0 Å². The number of rotatable bonds is 2. The normalized spacial score (nSPS) is 32.4. The highest BCUT2D eigenvalue weighted by molar-refractivity contribution is 7.91. The Labute approximate surface area is 102 Å². The SMILES string of the molecule is CC1(C(=O)O)CCN(C2CCS(=O)(=O)C2)CC1. The first-order valence-corrected chi connectivity index (χ1v) is 7.82. The molecule has 0 aromatic carbocycles. The lowest BCUT2D eigenvalue weighted by Crippen LogP contribution is -2.47. The van der Waals surface area contributed by atoms with Crippen molar-refractivity contribution < 1.29 is 18.3 Å². The van der Waals surface area contributed by atoms with Crippen LogP contribution in [0.15, 0.2) is 0 Å². The van der Waals surface area contributed by atoms with Crippen molar-refractivity contribution in [1.82, 2.24) is 4.90 Å². The zero-order valence-corrected chi connectivity index (χ0v) is 10.9. The second-order valence-corrected chi connectivity index (χ2v) is 7.69. The molecule has 1 N–H and O–H groups in total. The van der Waals surface area contributed by atoms with E-state index in [9.17, 15) is 13.2 Å². The Kier molecular flexibility index (Phi) is 3.20. The predicted octanol–water partition coefficient (Wildman–Crippen LogP) is 0.360. The van der Waals surface area contributed by atoms with Gasteiger partial charge in [-0.1, -0.05) is 0 Å². The van der Waals surface area contributed by atoms with Crippen LogP contribution in [0.4, 0.5) is 0 Å². The van der Waals surface area contributed by atoms with Crippen molar-refractivity contribution in [1.29, 1.82) is 0 Å². The standard InChI is InChI=1S/C11H19NO4S/c1-11(10(13)14)3-5-12(6-4-11)9-2-7-17(15,16)8-9/h9H,2-8H2,1H3,(H,13,14). The van der Waals surface area contributed by atoms with Crippen molar-refractivity contribution in [2.24, 2.45) is 5.41 Å². The fraction of sp³-hybridized carbons (Fsp3) is 0.909. The third-order valence-corrected chi connectivity index (χ3v) is 5.89. The van der Waals surface area contributed by atoms with Gasteiger partial charge in [0.25, 0.3) is 0 Å². The number of sulfone groups is 1. The number of likely N-dealkylation sites (tertiary alicyclic amines) is 1. The van der Waals surface area contributed by atoms with Gasteiger partial charge in [0, 0.05) is 6.04 Å². The van der Waals surface area contributed by atoms with Gasteiger partial charge in [-0.05, 0) is 39.3 Å². The molecule has 1 unspecified atom stereocenters. The lowest BCUT2D eigenvalue weighted by molar-refractivity contribution is -0.151. The van der Waals surface area contributed by atoms with E-state index in [-0.39, 0.29) is 17.5 Å². The van der Waals surface area contributed by atoms with Gasteiger partial charge in [0.05, 0.1) is 16.9 Å². The molecule has 1 atom stereocenters. The van der Waals surface area contributed by atoms with Crippen LogP contribution < -0.4 is 0 Å². The van der Waals surface area contributed by atoms with Crippen LogP contribution in [0.25, 0.3) is 0 Å². The molecule has 0 aromatic heterocycles. The number of hydrogen-bond donors (Lipinski definition) is 1. The zero-order chi connectivity index (χ0) is 12.7. The van der Waals surface area contributed by atoms with Gasteiger partial charge in [-0.3, -0.25) is 9.69 Å². The van der Waals surface area contributed by atoms with E-state index in [0.29, 0.717) is 32.4 Å². The maximum Gasteiger partial charge on any atom is 0.309 e. The van der Waals surface area contributed by atoms with E-state index in [4.69, 9.17) is 5.11 Å². The first kappa shape index (κ1) is 12.8. The molecule has 2 aliphatic heterocycles. The van der Waals surface area contributed by atoms with Crippen LogP contribution in [0.1, 0.15) is 26.2 Å². The van der Waals surface area contributed by atoms with Crippen LogP contribution in [0.2, 0.25) is 0 Å². The lowest BCUT2D eigenvalue weighted by Gasteiger charge is -2.39. The Morgan fingerprint density at radius 1 is 1.35 bits per heavy atom. The summed E-state index contributed by atoms with van der Waals surface area (Å²) in [4.78, 5) is 13.2. The molecule has 2 saturated heterocycles. The largest absolute Gasteiger partial charge is 0.481 e.